The summed E-state index contributed by atoms with van der Waals surface area (Å²) in [5.74, 6) is 0. The molecule has 0 bridgehead atoms. The van der Waals surface area contributed by atoms with Crippen LogP contribution in [-0.2, 0) is 6.42 Å². The van der Waals surface area contributed by atoms with Crippen molar-refractivity contribution in [3.05, 3.63) is 33.8 Å². The van der Waals surface area contributed by atoms with Crippen molar-refractivity contribution in [2.45, 2.75) is 31.7 Å². The molecule has 0 spiro atoms. The first-order valence-corrected chi connectivity index (χ1v) is 6.91. The van der Waals surface area contributed by atoms with Crippen LogP contribution in [0.2, 0.25) is 10.0 Å². The van der Waals surface area contributed by atoms with Gasteiger partial charge in [-0.05, 0) is 50.6 Å². The maximum Gasteiger partial charge on any atom is 0.110 e. The van der Waals surface area contributed by atoms with Crippen molar-refractivity contribution in [2.24, 2.45) is 0 Å². The molecule has 1 aliphatic rings. The van der Waals surface area contributed by atoms with Gasteiger partial charge in [-0.3, -0.25) is 4.90 Å². The van der Waals surface area contributed by atoms with Gasteiger partial charge in [-0.25, -0.2) is 0 Å². The topological polar surface area (TPSA) is 27.0 Å². The molecule has 1 aromatic rings. The van der Waals surface area contributed by atoms with Gasteiger partial charge in [0.25, 0.3) is 0 Å². The van der Waals surface area contributed by atoms with E-state index in [1.165, 1.54) is 12.8 Å². The molecule has 1 aromatic carbocycles. The van der Waals surface area contributed by atoms with E-state index in [4.69, 9.17) is 23.2 Å². The first-order chi connectivity index (χ1) is 8.55. The fourth-order valence-electron chi connectivity index (χ4n) is 2.47. The molecular weight excluding hydrogens is 267 g/mol. The first kappa shape index (κ1) is 13.7. The summed E-state index contributed by atoms with van der Waals surface area (Å²) in [5, 5.41) is 10.8. The molecule has 18 heavy (non-hydrogen) atoms. The third kappa shape index (κ3) is 2.80. The van der Waals surface area contributed by atoms with Crippen LogP contribution in [0.3, 0.4) is 0 Å². The molecule has 1 fully saturated rings. The van der Waals surface area contributed by atoms with Gasteiger partial charge < -0.3 is 0 Å². The molecule has 0 N–H and O–H groups in total. The Hall–Kier alpha value is -0.750. The molecule has 4 heteroatoms. The lowest BCUT2D eigenvalue weighted by Crippen LogP contribution is -2.45. The molecule has 2 nitrogen and oxygen atoms in total. The van der Waals surface area contributed by atoms with Gasteiger partial charge in [0.1, 0.15) is 5.54 Å². The van der Waals surface area contributed by atoms with Crippen LogP contribution in [0, 0.1) is 11.3 Å². The zero-order chi connectivity index (χ0) is 13.2. The van der Waals surface area contributed by atoms with Gasteiger partial charge in [-0.1, -0.05) is 29.3 Å². The summed E-state index contributed by atoms with van der Waals surface area (Å²) in [7, 11) is 0. The van der Waals surface area contributed by atoms with Crippen LogP contribution in [-0.4, -0.2) is 23.5 Å². The Labute approximate surface area is 118 Å². The van der Waals surface area contributed by atoms with Gasteiger partial charge in [0, 0.05) is 16.5 Å². The number of benzene rings is 1. The largest absolute Gasteiger partial charge is 0.285 e. The fourth-order valence-corrected chi connectivity index (χ4v) is 2.94. The number of rotatable bonds is 3. The van der Waals surface area contributed by atoms with Gasteiger partial charge >= 0.3 is 0 Å². The molecule has 1 saturated heterocycles. The van der Waals surface area contributed by atoms with Gasteiger partial charge in [0.2, 0.25) is 0 Å². The quantitative estimate of drug-likeness (QED) is 0.840. The molecular formula is C14H16Cl2N2. The van der Waals surface area contributed by atoms with Gasteiger partial charge in [-0.15, -0.1) is 0 Å². The number of halogens is 2. The standard InChI is InChI=1S/C14H16Cl2N2/c1-14(10-17,18-6-2-3-7-18)9-11-4-5-12(15)8-13(11)16/h4-5,8H,2-3,6-7,9H2,1H3. The Kier molecular flexibility index (Phi) is 4.17. The predicted molar refractivity (Wildman–Crippen MR) is 75.0 cm³/mol. The number of nitriles is 1. The normalized spacial score (nSPS) is 19.4. The average Bonchev–Trinajstić information content (AvgIpc) is 2.87. The van der Waals surface area contributed by atoms with E-state index in [1.54, 1.807) is 6.07 Å². The molecule has 1 atom stereocenters. The van der Waals surface area contributed by atoms with Crippen molar-refractivity contribution in [1.29, 1.82) is 5.26 Å². The minimum absolute atomic E-state index is 0.478. The minimum Gasteiger partial charge on any atom is -0.285 e. The molecule has 1 unspecified atom stereocenters. The van der Waals surface area contributed by atoms with Crippen LogP contribution in [0.15, 0.2) is 18.2 Å². The van der Waals surface area contributed by atoms with Crippen LogP contribution in [0.5, 0.6) is 0 Å². The Morgan fingerprint density at radius 2 is 2.00 bits per heavy atom. The van der Waals surface area contributed by atoms with E-state index in [0.29, 0.717) is 16.5 Å². The maximum absolute atomic E-state index is 9.49. The summed E-state index contributed by atoms with van der Waals surface area (Å²) in [6.45, 7) is 3.98. The lowest BCUT2D eigenvalue weighted by atomic mass is 9.92. The van der Waals surface area contributed by atoms with Gasteiger partial charge in [-0.2, -0.15) is 5.26 Å². The highest BCUT2D eigenvalue weighted by Gasteiger charge is 2.34. The summed E-state index contributed by atoms with van der Waals surface area (Å²) >= 11 is 12.1. The van der Waals surface area contributed by atoms with Gasteiger partial charge in [0.05, 0.1) is 6.07 Å². The lowest BCUT2D eigenvalue weighted by Gasteiger charge is -2.32. The molecule has 1 heterocycles. The van der Waals surface area contributed by atoms with Crippen molar-refractivity contribution in [1.82, 2.24) is 4.90 Å². The zero-order valence-corrected chi connectivity index (χ0v) is 11.9. The Morgan fingerprint density at radius 1 is 1.33 bits per heavy atom. The third-order valence-electron chi connectivity index (χ3n) is 3.59. The Morgan fingerprint density at radius 3 is 2.56 bits per heavy atom. The Bertz CT molecular complexity index is 475. The van der Waals surface area contributed by atoms with E-state index in [1.807, 2.05) is 19.1 Å². The minimum atomic E-state index is -0.478. The molecule has 1 aliphatic heterocycles. The van der Waals surface area contributed by atoms with Crippen molar-refractivity contribution in [3.63, 3.8) is 0 Å². The highest BCUT2D eigenvalue weighted by molar-refractivity contribution is 6.35. The SMILES string of the molecule is CC(C#N)(Cc1ccc(Cl)cc1Cl)N1CCCC1. The van der Waals surface area contributed by atoms with E-state index in [-0.39, 0.29) is 0 Å². The van der Waals surface area contributed by atoms with Crippen molar-refractivity contribution in [2.75, 3.05) is 13.1 Å². The van der Waals surface area contributed by atoms with Crippen molar-refractivity contribution < 1.29 is 0 Å². The number of nitrogens with zero attached hydrogens (tertiary/aromatic N) is 2. The highest BCUT2D eigenvalue weighted by Crippen LogP contribution is 2.29. The van der Waals surface area contributed by atoms with Crippen LogP contribution in [0.1, 0.15) is 25.3 Å². The smallest absolute Gasteiger partial charge is 0.110 e. The van der Waals surface area contributed by atoms with E-state index in [9.17, 15) is 5.26 Å². The van der Waals surface area contributed by atoms with Crippen LogP contribution in [0.4, 0.5) is 0 Å². The van der Waals surface area contributed by atoms with Crippen molar-refractivity contribution >= 4 is 23.2 Å². The lowest BCUT2D eigenvalue weighted by molar-refractivity contribution is 0.191. The molecule has 0 saturated carbocycles. The molecule has 2 rings (SSSR count). The van der Waals surface area contributed by atoms with E-state index < -0.39 is 5.54 Å². The van der Waals surface area contributed by atoms with Gasteiger partial charge in [0.15, 0.2) is 0 Å². The molecule has 0 amide bonds. The summed E-state index contributed by atoms with van der Waals surface area (Å²) in [5.41, 5.74) is 0.505. The average molecular weight is 283 g/mol. The monoisotopic (exact) mass is 282 g/mol. The van der Waals surface area contributed by atoms with E-state index in [0.717, 1.165) is 18.7 Å². The van der Waals surface area contributed by atoms with E-state index in [2.05, 4.69) is 11.0 Å². The maximum atomic E-state index is 9.49. The Balaban J connectivity index is 2.22. The second kappa shape index (κ2) is 5.48. The van der Waals surface area contributed by atoms with E-state index >= 15 is 0 Å². The molecule has 0 radical (unpaired) electrons. The molecule has 0 aromatic heterocycles. The number of hydrogen-bond donors (Lipinski definition) is 0. The summed E-state index contributed by atoms with van der Waals surface area (Å²) in [4.78, 5) is 2.25. The third-order valence-corrected chi connectivity index (χ3v) is 4.18. The van der Waals surface area contributed by atoms with Crippen molar-refractivity contribution in [3.8, 4) is 6.07 Å². The number of hydrogen-bond acceptors (Lipinski definition) is 2. The summed E-state index contributed by atoms with van der Waals surface area (Å²) < 4.78 is 0. The summed E-state index contributed by atoms with van der Waals surface area (Å²) in [6.07, 6.45) is 2.98. The van der Waals surface area contributed by atoms with Crippen LogP contribution in [0.25, 0.3) is 0 Å². The highest BCUT2D eigenvalue weighted by atomic mass is 35.5. The van der Waals surface area contributed by atoms with Crippen LogP contribution < -0.4 is 0 Å². The second-order valence-corrected chi connectivity index (χ2v) is 5.84. The fraction of sp³-hybridized carbons (Fsp3) is 0.500. The molecule has 0 aliphatic carbocycles. The second-order valence-electron chi connectivity index (χ2n) is 4.99. The van der Waals surface area contributed by atoms with Crippen LogP contribution >= 0.6 is 23.2 Å². The zero-order valence-electron chi connectivity index (χ0n) is 10.4. The molecule has 96 valence electrons. The summed E-state index contributed by atoms with van der Waals surface area (Å²) in [6, 6.07) is 7.92. The predicted octanol–water partition coefficient (Wildman–Crippen LogP) is 3.91. The first-order valence-electron chi connectivity index (χ1n) is 6.15. The number of likely N-dealkylation sites (tertiary alicyclic amines) is 1.